The van der Waals surface area contributed by atoms with E-state index in [2.05, 4.69) is 4.98 Å². The zero-order chi connectivity index (χ0) is 17.6. The van der Waals surface area contributed by atoms with Gasteiger partial charge in [-0.3, -0.25) is 5.41 Å². The zero-order valence-electron chi connectivity index (χ0n) is 13.3. The lowest BCUT2D eigenvalue weighted by Crippen LogP contribution is -2.38. The van der Waals surface area contributed by atoms with Crippen molar-refractivity contribution < 1.29 is 13.5 Å². The molecule has 0 spiro atoms. The molecule has 0 radical (unpaired) electrons. The van der Waals surface area contributed by atoms with Crippen molar-refractivity contribution >= 4 is 32.6 Å². The maximum Gasteiger partial charge on any atom is 0.152 e. The first kappa shape index (κ1) is 16.3. The lowest BCUT2D eigenvalue weighted by atomic mass is 10.2. The van der Waals surface area contributed by atoms with Crippen molar-refractivity contribution in [3.8, 4) is 11.3 Å². The molecule has 0 saturated carbocycles. The van der Waals surface area contributed by atoms with Crippen molar-refractivity contribution in [2.24, 2.45) is 0 Å². The van der Waals surface area contributed by atoms with E-state index in [4.69, 9.17) is 5.41 Å². The summed E-state index contributed by atoms with van der Waals surface area (Å²) in [7, 11) is -3.04. The summed E-state index contributed by atoms with van der Waals surface area (Å²) >= 11 is 1.38. The van der Waals surface area contributed by atoms with Gasteiger partial charge in [-0.15, -0.1) is 11.3 Å². The molecule has 3 heterocycles. The normalized spacial score (nSPS) is 22.8. The van der Waals surface area contributed by atoms with Crippen LogP contribution in [-0.2, 0) is 9.84 Å². The minimum Gasteiger partial charge on any atom is -0.510 e. The minimum atomic E-state index is -3.04. The highest BCUT2D eigenvalue weighted by atomic mass is 32.2. The maximum absolute atomic E-state index is 11.7. The predicted octanol–water partition coefficient (Wildman–Crippen LogP) is 2.56. The Morgan fingerprint density at radius 2 is 2.04 bits per heavy atom. The number of sulfone groups is 1. The number of benzene rings is 1. The molecule has 6 nitrogen and oxygen atoms in total. The molecule has 1 saturated heterocycles. The van der Waals surface area contributed by atoms with Gasteiger partial charge in [0.1, 0.15) is 16.6 Å². The second-order valence-corrected chi connectivity index (χ2v) is 9.35. The van der Waals surface area contributed by atoms with Crippen LogP contribution in [0, 0.1) is 5.41 Å². The van der Waals surface area contributed by atoms with E-state index < -0.39 is 9.84 Å². The van der Waals surface area contributed by atoms with E-state index in [1.807, 2.05) is 35.7 Å². The Labute approximate surface area is 149 Å². The molecule has 130 valence electrons. The lowest BCUT2D eigenvalue weighted by molar-refractivity contribution is 0.309. The molecule has 8 heteroatoms. The smallest absolute Gasteiger partial charge is 0.152 e. The van der Waals surface area contributed by atoms with Crippen LogP contribution in [0.25, 0.3) is 16.8 Å². The van der Waals surface area contributed by atoms with Crippen molar-refractivity contribution in [3.63, 3.8) is 0 Å². The largest absolute Gasteiger partial charge is 0.510 e. The summed E-state index contributed by atoms with van der Waals surface area (Å²) in [5, 5.41) is 21.3. The van der Waals surface area contributed by atoms with Crippen molar-refractivity contribution in [1.29, 1.82) is 5.41 Å². The van der Waals surface area contributed by atoms with Crippen molar-refractivity contribution in [3.05, 3.63) is 46.5 Å². The van der Waals surface area contributed by atoms with E-state index in [0.717, 1.165) is 11.3 Å². The summed E-state index contributed by atoms with van der Waals surface area (Å²) in [5.74, 6) is 0.438. The Hall–Kier alpha value is -2.19. The fourth-order valence-electron chi connectivity index (χ4n) is 3.29. The number of thiazole rings is 1. The van der Waals surface area contributed by atoms with Crippen LogP contribution in [-0.4, -0.2) is 53.3 Å². The summed E-state index contributed by atoms with van der Waals surface area (Å²) in [4.78, 5) is 6.25. The summed E-state index contributed by atoms with van der Waals surface area (Å²) in [6.45, 7) is 0.175. The fraction of sp³-hybridized carbons (Fsp3) is 0.294. The number of nitrogens with one attached hydrogen (secondary N) is 1. The monoisotopic (exact) mass is 375 g/mol. The van der Waals surface area contributed by atoms with Crippen LogP contribution in [0.3, 0.4) is 0 Å². The van der Waals surface area contributed by atoms with Crippen LogP contribution in [0.15, 0.2) is 41.5 Å². The van der Waals surface area contributed by atoms with E-state index in [0.29, 0.717) is 17.0 Å². The Morgan fingerprint density at radius 3 is 2.72 bits per heavy atom. The molecule has 1 atom stereocenters. The number of hydrogen-bond acceptors (Lipinski definition) is 6. The number of aromatic nitrogens is 1. The number of rotatable bonds is 3. The van der Waals surface area contributed by atoms with Gasteiger partial charge in [-0.1, -0.05) is 30.3 Å². The van der Waals surface area contributed by atoms with Crippen molar-refractivity contribution in [2.45, 2.75) is 12.5 Å². The van der Waals surface area contributed by atoms with E-state index in [-0.39, 0.29) is 35.7 Å². The molecule has 2 aromatic rings. The Kier molecular flexibility index (Phi) is 3.88. The number of hydrogen-bond donors (Lipinski definition) is 2. The molecule has 0 bridgehead atoms. The van der Waals surface area contributed by atoms with Crippen LogP contribution >= 0.6 is 11.3 Å². The average molecular weight is 375 g/mol. The average Bonchev–Trinajstić information content (AvgIpc) is 3.26. The highest BCUT2D eigenvalue weighted by Crippen LogP contribution is 2.34. The van der Waals surface area contributed by atoms with Crippen molar-refractivity contribution in [2.75, 3.05) is 18.1 Å². The molecule has 0 amide bonds. The van der Waals surface area contributed by atoms with E-state index in [9.17, 15) is 13.5 Å². The third-order valence-electron chi connectivity index (χ3n) is 4.57. The fourth-order valence-corrected chi connectivity index (χ4v) is 5.91. The van der Waals surface area contributed by atoms with Gasteiger partial charge < -0.3 is 10.0 Å². The third-order valence-corrected chi connectivity index (χ3v) is 7.18. The topological polar surface area (TPSA) is 94.3 Å². The standard InChI is InChI=1S/C17H17N3O3S2/c18-16-15(14(21)8-20(16)12-6-7-25(22,23)10-12)17-19-13(9-24-17)11-4-2-1-3-5-11/h1-5,9,12,18,21H,6-8,10H2/t12-/m1/s1. The van der Waals surface area contributed by atoms with E-state index in [1.165, 1.54) is 11.3 Å². The van der Waals surface area contributed by atoms with Gasteiger partial charge in [-0.25, -0.2) is 13.4 Å². The summed E-state index contributed by atoms with van der Waals surface area (Å²) in [6, 6.07) is 9.48. The number of aliphatic hydroxyl groups excluding tert-OH is 1. The number of nitrogens with zero attached hydrogens (tertiary/aromatic N) is 2. The molecule has 1 fully saturated rings. The Bertz CT molecular complexity index is 964. The summed E-state index contributed by atoms with van der Waals surface area (Å²) in [5.41, 5.74) is 2.19. The molecule has 1 aromatic heterocycles. The highest BCUT2D eigenvalue weighted by Gasteiger charge is 2.39. The number of aliphatic hydroxyl groups is 1. The maximum atomic E-state index is 11.7. The molecule has 2 aliphatic rings. The summed E-state index contributed by atoms with van der Waals surface area (Å²) < 4.78 is 23.4. The van der Waals surface area contributed by atoms with Crippen LogP contribution < -0.4 is 0 Å². The SMILES string of the molecule is N=C1C(c2nc(-c3ccccc3)cs2)=C(O)CN1[C@@H]1CCS(=O)(=O)C1. The molecular weight excluding hydrogens is 358 g/mol. The zero-order valence-corrected chi connectivity index (χ0v) is 15.0. The van der Waals surface area contributed by atoms with Gasteiger partial charge in [0.15, 0.2) is 9.84 Å². The van der Waals surface area contributed by atoms with Gasteiger partial charge in [0.2, 0.25) is 0 Å². The second-order valence-electron chi connectivity index (χ2n) is 6.26. The van der Waals surface area contributed by atoms with Crippen LogP contribution in [0.1, 0.15) is 11.4 Å². The lowest BCUT2D eigenvalue weighted by Gasteiger charge is -2.24. The van der Waals surface area contributed by atoms with Gasteiger partial charge >= 0.3 is 0 Å². The minimum absolute atomic E-state index is 0.0447. The van der Waals surface area contributed by atoms with Crippen LogP contribution in [0.4, 0.5) is 0 Å². The van der Waals surface area contributed by atoms with Gasteiger partial charge in [0.05, 0.1) is 29.3 Å². The van der Waals surface area contributed by atoms with Gasteiger partial charge in [-0.2, -0.15) is 0 Å². The molecule has 2 aliphatic heterocycles. The molecule has 2 N–H and O–H groups in total. The van der Waals surface area contributed by atoms with Gasteiger partial charge in [0, 0.05) is 17.0 Å². The first-order chi connectivity index (χ1) is 11.9. The molecule has 0 unspecified atom stereocenters. The van der Waals surface area contributed by atoms with Gasteiger partial charge in [-0.05, 0) is 6.42 Å². The summed E-state index contributed by atoms with van der Waals surface area (Å²) in [6.07, 6.45) is 0.498. The molecule has 1 aromatic carbocycles. The van der Waals surface area contributed by atoms with Gasteiger partial charge in [0.25, 0.3) is 0 Å². The predicted molar refractivity (Wildman–Crippen MR) is 98.6 cm³/mol. The molecule has 4 rings (SSSR count). The first-order valence-electron chi connectivity index (χ1n) is 7.94. The first-order valence-corrected chi connectivity index (χ1v) is 10.6. The quantitative estimate of drug-likeness (QED) is 0.860. The van der Waals surface area contributed by atoms with E-state index >= 15 is 0 Å². The van der Waals surface area contributed by atoms with Crippen LogP contribution in [0.5, 0.6) is 0 Å². The highest BCUT2D eigenvalue weighted by molar-refractivity contribution is 7.91. The number of amidine groups is 1. The second kappa shape index (κ2) is 5.96. The molecule has 25 heavy (non-hydrogen) atoms. The van der Waals surface area contributed by atoms with E-state index in [1.54, 1.807) is 4.90 Å². The van der Waals surface area contributed by atoms with Crippen LogP contribution in [0.2, 0.25) is 0 Å². The third kappa shape index (κ3) is 2.96. The molecule has 0 aliphatic carbocycles. The Morgan fingerprint density at radius 1 is 1.28 bits per heavy atom. The Balaban J connectivity index is 1.60. The molecular formula is C17H17N3O3S2. The van der Waals surface area contributed by atoms with Crippen molar-refractivity contribution in [1.82, 2.24) is 9.88 Å².